The first kappa shape index (κ1) is 21.9. The van der Waals surface area contributed by atoms with E-state index in [4.69, 9.17) is 0 Å². The van der Waals surface area contributed by atoms with Gasteiger partial charge < -0.3 is 10.6 Å². The maximum Gasteiger partial charge on any atom is 0.276 e. The smallest absolute Gasteiger partial charge is 0.276 e. The van der Waals surface area contributed by atoms with Crippen molar-refractivity contribution in [2.75, 3.05) is 11.9 Å². The summed E-state index contributed by atoms with van der Waals surface area (Å²) in [5, 5.41) is 7.42. The highest BCUT2D eigenvalue weighted by Gasteiger charge is 2.46. The second kappa shape index (κ2) is 7.71. The van der Waals surface area contributed by atoms with Crippen molar-refractivity contribution in [3.8, 4) is 5.82 Å². The van der Waals surface area contributed by atoms with Crippen molar-refractivity contribution in [2.45, 2.75) is 57.8 Å². The van der Waals surface area contributed by atoms with Crippen molar-refractivity contribution in [1.82, 2.24) is 29.6 Å². The Hall–Kier alpha value is -3.59. The third-order valence-electron chi connectivity index (χ3n) is 7.09. The van der Waals surface area contributed by atoms with Crippen LogP contribution in [0.5, 0.6) is 0 Å². The number of pyridine rings is 1. The highest BCUT2D eigenvalue weighted by molar-refractivity contribution is 5.82. The number of anilines is 2. The van der Waals surface area contributed by atoms with E-state index in [1.165, 1.54) is 44.0 Å². The van der Waals surface area contributed by atoms with Crippen LogP contribution in [0.1, 0.15) is 50.6 Å². The van der Waals surface area contributed by atoms with Crippen LogP contribution in [0.2, 0.25) is 0 Å². The largest absolute Gasteiger partial charge is 0.340 e. The second-order valence-electron chi connectivity index (χ2n) is 10.0. The summed E-state index contributed by atoms with van der Waals surface area (Å²) in [5.41, 5.74) is 2.81. The van der Waals surface area contributed by atoms with E-state index in [2.05, 4.69) is 43.8 Å². The summed E-state index contributed by atoms with van der Waals surface area (Å²) in [5.74, 6) is 1.11. The van der Waals surface area contributed by atoms with Gasteiger partial charge in [0, 0.05) is 55.3 Å². The molecule has 0 amide bonds. The Balaban J connectivity index is 1.42. The van der Waals surface area contributed by atoms with Crippen molar-refractivity contribution < 1.29 is 4.39 Å². The molecule has 9 heteroatoms. The Morgan fingerprint density at radius 2 is 2.03 bits per heavy atom. The van der Waals surface area contributed by atoms with Crippen molar-refractivity contribution in [2.24, 2.45) is 0 Å². The molecular formula is C26H28FN7O. The van der Waals surface area contributed by atoms with Gasteiger partial charge in [0.05, 0.1) is 10.9 Å². The molecule has 4 heterocycles. The number of fused-ring (bicyclic) bond motifs is 3. The third-order valence-corrected chi connectivity index (χ3v) is 7.09. The normalized spacial score (nSPS) is 16.5. The summed E-state index contributed by atoms with van der Waals surface area (Å²) in [6.07, 6.45) is 5.59. The van der Waals surface area contributed by atoms with E-state index >= 15 is 0 Å². The number of nitrogens with zero attached hydrogens (tertiary/aromatic N) is 5. The quantitative estimate of drug-likeness (QED) is 0.454. The number of benzene rings is 1. The van der Waals surface area contributed by atoms with Crippen LogP contribution in [0.4, 0.5) is 15.9 Å². The summed E-state index contributed by atoms with van der Waals surface area (Å²) in [6, 6.07) is 10.0. The molecule has 3 aromatic heterocycles. The molecule has 0 radical (unpaired) electrons. The van der Waals surface area contributed by atoms with Gasteiger partial charge in [-0.1, -0.05) is 6.07 Å². The molecule has 1 fully saturated rings. The first-order valence-electron chi connectivity index (χ1n) is 12.0. The Bertz CT molecular complexity index is 1510. The van der Waals surface area contributed by atoms with Gasteiger partial charge >= 0.3 is 0 Å². The van der Waals surface area contributed by atoms with Crippen LogP contribution in [-0.2, 0) is 24.2 Å². The molecule has 1 aliphatic heterocycles. The lowest BCUT2D eigenvalue weighted by Gasteiger charge is -2.26. The second-order valence-corrected chi connectivity index (χ2v) is 10.0. The van der Waals surface area contributed by atoms with Gasteiger partial charge in [0.2, 0.25) is 0 Å². The number of alkyl halides is 1. The molecule has 4 aromatic rings. The van der Waals surface area contributed by atoms with E-state index in [9.17, 15) is 9.18 Å². The van der Waals surface area contributed by atoms with Crippen LogP contribution in [-0.4, -0.2) is 30.9 Å². The zero-order chi connectivity index (χ0) is 24.4. The molecule has 0 unspecified atom stereocenters. The summed E-state index contributed by atoms with van der Waals surface area (Å²) >= 11 is 0. The molecule has 1 spiro atoms. The predicted molar refractivity (Wildman–Crippen MR) is 133 cm³/mol. The third kappa shape index (κ3) is 3.61. The molecule has 8 nitrogen and oxygen atoms in total. The minimum absolute atomic E-state index is 0.0652. The summed E-state index contributed by atoms with van der Waals surface area (Å²) < 4.78 is 17.9. The number of rotatable bonds is 5. The molecule has 1 saturated carbocycles. The number of hydrogen-bond acceptors (Lipinski definition) is 6. The minimum atomic E-state index is -1.70. The number of aromatic nitrogens is 5. The molecule has 180 valence electrons. The van der Waals surface area contributed by atoms with Gasteiger partial charge in [-0.2, -0.15) is 0 Å². The van der Waals surface area contributed by atoms with Crippen molar-refractivity contribution >= 4 is 22.4 Å². The number of hydrogen-bond donors (Lipinski definition) is 2. The van der Waals surface area contributed by atoms with Crippen molar-refractivity contribution in [3.63, 3.8) is 0 Å². The van der Waals surface area contributed by atoms with Gasteiger partial charge in [0.25, 0.3) is 5.56 Å². The first-order chi connectivity index (χ1) is 16.8. The predicted octanol–water partition coefficient (Wildman–Crippen LogP) is 4.08. The fourth-order valence-corrected chi connectivity index (χ4v) is 5.11. The van der Waals surface area contributed by atoms with E-state index in [0.29, 0.717) is 34.5 Å². The van der Waals surface area contributed by atoms with Gasteiger partial charge in [0.15, 0.2) is 17.3 Å². The fourth-order valence-electron chi connectivity index (χ4n) is 5.11. The van der Waals surface area contributed by atoms with Crippen molar-refractivity contribution in [1.29, 1.82) is 0 Å². The fraction of sp³-hybridized carbons (Fsp3) is 0.385. The zero-order valence-corrected chi connectivity index (χ0v) is 20.1. The molecule has 2 aliphatic rings. The van der Waals surface area contributed by atoms with E-state index in [1.807, 2.05) is 13.0 Å². The Kier molecular flexibility index (Phi) is 4.83. The molecule has 0 bridgehead atoms. The lowest BCUT2D eigenvalue weighted by molar-refractivity contribution is 0.206. The Labute approximate surface area is 202 Å². The lowest BCUT2D eigenvalue weighted by Crippen LogP contribution is -2.33. The Morgan fingerprint density at radius 3 is 2.77 bits per heavy atom. The van der Waals surface area contributed by atoms with Crippen LogP contribution in [0, 0.1) is 0 Å². The highest BCUT2D eigenvalue weighted by Crippen LogP contribution is 2.50. The average molecular weight is 474 g/mol. The summed E-state index contributed by atoms with van der Waals surface area (Å²) in [4.78, 5) is 26.1. The minimum Gasteiger partial charge on any atom is -0.340 e. The zero-order valence-electron chi connectivity index (χ0n) is 20.1. The number of nitrogens with one attached hydrogen (secondary N) is 2. The van der Waals surface area contributed by atoms with Gasteiger partial charge in [-0.3, -0.25) is 4.79 Å². The molecule has 2 N–H and O–H groups in total. The Morgan fingerprint density at radius 1 is 1.20 bits per heavy atom. The summed E-state index contributed by atoms with van der Waals surface area (Å²) in [7, 11) is 0. The van der Waals surface area contributed by atoms with E-state index < -0.39 is 5.67 Å². The molecule has 0 saturated heterocycles. The molecule has 1 aliphatic carbocycles. The molecule has 0 atom stereocenters. The van der Waals surface area contributed by atoms with Crippen LogP contribution >= 0.6 is 0 Å². The maximum absolute atomic E-state index is 14.6. The van der Waals surface area contributed by atoms with Crippen LogP contribution in [0.3, 0.4) is 0 Å². The topological polar surface area (TPSA) is 89.7 Å². The molecule has 1 aromatic carbocycles. The number of halogens is 1. The van der Waals surface area contributed by atoms with E-state index in [-0.39, 0.29) is 11.4 Å². The average Bonchev–Trinajstić information content (AvgIpc) is 3.55. The van der Waals surface area contributed by atoms with Gasteiger partial charge in [-0.15, -0.1) is 0 Å². The highest BCUT2D eigenvalue weighted by atomic mass is 19.1. The summed E-state index contributed by atoms with van der Waals surface area (Å²) in [6.45, 7) is 7.06. The lowest BCUT2D eigenvalue weighted by atomic mass is 9.88. The SMILES string of the molecule is CCn1c(=O)c2cnc(Nc3ccc4c(c3)CNCC43CC3)cc2n1-c1ccnc(C(C)(C)F)n1. The standard InChI is InChI=1S/C26H28FN7O/c1-4-33-23(35)18-14-30-21(12-20(18)34(33)22-7-10-29-24(32-22)25(2,3)27)31-17-5-6-19-16(11-17)13-28-15-26(19)8-9-26/h5-7,10-12,14,28H,4,8-9,13,15H2,1-3H3,(H,30,31). The van der Waals surface area contributed by atoms with Crippen molar-refractivity contribution in [3.05, 3.63) is 70.0 Å². The first-order valence-corrected chi connectivity index (χ1v) is 12.0. The van der Waals surface area contributed by atoms with Gasteiger partial charge in [0.1, 0.15) is 5.82 Å². The van der Waals surface area contributed by atoms with E-state index in [0.717, 1.165) is 18.8 Å². The molecular weight excluding hydrogens is 445 g/mol. The van der Waals surface area contributed by atoms with Crippen LogP contribution in [0.25, 0.3) is 16.7 Å². The maximum atomic E-state index is 14.6. The van der Waals surface area contributed by atoms with Crippen LogP contribution in [0.15, 0.2) is 47.5 Å². The van der Waals surface area contributed by atoms with Gasteiger partial charge in [-0.05, 0) is 56.9 Å². The van der Waals surface area contributed by atoms with Gasteiger partial charge in [-0.25, -0.2) is 28.7 Å². The van der Waals surface area contributed by atoms with E-state index in [1.54, 1.807) is 21.6 Å². The molecule has 6 rings (SSSR count). The van der Waals surface area contributed by atoms with Crippen LogP contribution < -0.4 is 16.2 Å². The monoisotopic (exact) mass is 473 g/mol. The molecule has 35 heavy (non-hydrogen) atoms.